The molecule has 0 radical (unpaired) electrons. The molecule has 1 rings (SSSR count). The predicted octanol–water partition coefficient (Wildman–Crippen LogP) is 1.04. The van der Waals surface area contributed by atoms with Crippen molar-refractivity contribution in [3.05, 3.63) is 40.6 Å². The molecule has 0 aliphatic carbocycles. The van der Waals surface area contributed by atoms with E-state index in [1.807, 2.05) is 12.2 Å². The lowest BCUT2D eigenvalue weighted by Gasteiger charge is -2.00. The molecule has 0 N–H and O–H groups in total. The Balaban J connectivity index is 2.84. The van der Waals surface area contributed by atoms with Crippen molar-refractivity contribution in [1.29, 1.82) is 0 Å². The summed E-state index contributed by atoms with van der Waals surface area (Å²) >= 11 is 4.03. The first-order valence-electron chi connectivity index (χ1n) is 4.03. The first kappa shape index (κ1) is 10.1. The number of aryl methyl sites for hydroxylation is 1. The van der Waals surface area contributed by atoms with Crippen molar-refractivity contribution in [3.63, 3.8) is 0 Å². The van der Waals surface area contributed by atoms with Crippen molar-refractivity contribution in [3.8, 4) is 0 Å². The number of hydrogen-bond acceptors (Lipinski definition) is 3. The number of rotatable bonds is 3. The van der Waals surface area contributed by atoms with Crippen molar-refractivity contribution in [1.82, 2.24) is 9.55 Å². The van der Waals surface area contributed by atoms with Gasteiger partial charge in [-0.05, 0) is 6.92 Å². The van der Waals surface area contributed by atoms with E-state index in [1.54, 1.807) is 23.9 Å². The average molecular weight is 196 g/mol. The quantitative estimate of drug-likeness (QED) is 0.579. The molecule has 0 aliphatic heterocycles. The first-order chi connectivity index (χ1) is 6.25. The Labute approximate surface area is 82.5 Å². The lowest BCUT2D eigenvalue weighted by atomic mass is 10.4. The highest BCUT2D eigenvalue weighted by molar-refractivity contribution is 7.80. The van der Waals surface area contributed by atoms with Crippen LogP contribution >= 0.6 is 12.6 Å². The maximum Gasteiger partial charge on any atom is 0.272 e. The molecular formula is C9H12N2OS. The summed E-state index contributed by atoms with van der Waals surface area (Å²) in [5.41, 5.74) is 0.494. The Kier molecular flexibility index (Phi) is 3.76. The van der Waals surface area contributed by atoms with E-state index < -0.39 is 0 Å². The monoisotopic (exact) mass is 196 g/mol. The summed E-state index contributed by atoms with van der Waals surface area (Å²) in [6.45, 7) is 2.30. The molecule has 0 bridgehead atoms. The van der Waals surface area contributed by atoms with E-state index in [1.165, 1.54) is 0 Å². The molecule has 70 valence electrons. The van der Waals surface area contributed by atoms with Crippen LogP contribution in [0.1, 0.15) is 5.69 Å². The van der Waals surface area contributed by atoms with Crippen molar-refractivity contribution >= 4 is 12.6 Å². The number of hydrogen-bond donors (Lipinski definition) is 1. The van der Waals surface area contributed by atoms with E-state index in [0.717, 1.165) is 0 Å². The number of allylic oxidation sites excluding steroid dienone is 1. The Morgan fingerprint density at radius 3 is 3.08 bits per heavy atom. The van der Waals surface area contributed by atoms with Gasteiger partial charge in [0.25, 0.3) is 5.56 Å². The first-order valence-corrected chi connectivity index (χ1v) is 4.67. The molecule has 4 heteroatoms. The third-order valence-electron chi connectivity index (χ3n) is 1.66. The average Bonchev–Trinajstić information content (AvgIpc) is 2.13. The zero-order valence-corrected chi connectivity index (χ0v) is 8.37. The normalized spacial score (nSPS) is 10.9. The maximum absolute atomic E-state index is 11.4. The van der Waals surface area contributed by atoms with Gasteiger partial charge in [0.1, 0.15) is 5.69 Å². The molecule has 13 heavy (non-hydrogen) atoms. The molecule has 1 aromatic rings. The van der Waals surface area contributed by atoms with E-state index >= 15 is 0 Å². The highest BCUT2D eigenvalue weighted by atomic mass is 32.1. The van der Waals surface area contributed by atoms with Gasteiger partial charge in [-0.25, -0.2) is 0 Å². The molecule has 3 nitrogen and oxygen atoms in total. The molecule has 0 atom stereocenters. The zero-order valence-electron chi connectivity index (χ0n) is 7.47. The van der Waals surface area contributed by atoms with E-state index in [4.69, 9.17) is 0 Å². The van der Waals surface area contributed by atoms with Crippen LogP contribution in [0.25, 0.3) is 0 Å². The minimum absolute atomic E-state index is 0.0358. The van der Waals surface area contributed by atoms with E-state index in [0.29, 0.717) is 18.0 Å². The fourth-order valence-electron chi connectivity index (χ4n) is 0.963. The van der Waals surface area contributed by atoms with Crippen LogP contribution in [0, 0.1) is 6.92 Å². The van der Waals surface area contributed by atoms with Crippen LogP contribution in [0.5, 0.6) is 0 Å². The molecule has 0 amide bonds. The molecule has 0 unspecified atom stereocenters. The summed E-state index contributed by atoms with van der Waals surface area (Å²) in [5, 5.41) is 0. The van der Waals surface area contributed by atoms with Gasteiger partial charge in [-0.2, -0.15) is 12.6 Å². The van der Waals surface area contributed by atoms with Crippen LogP contribution in [0.4, 0.5) is 0 Å². The lowest BCUT2D eigenvalue weighted by Crippen LogP contribution is -2.21. The molecule has 1 heterocycles. The van der Waals surface area contributed by atoms with Crippen LogP contribution in [0.15, 0.2) is 29.3 Å². The van der Waals surface area contributed by atoms with Gasteiger partial charge >= 0.3 is 0 Å². The summed E-state index contributed by atoms with van der Waals surface area (Å²) in [4.78, 5) is 15.3. The molecule has 0 saturated heterocycles. The Hall–Kier alpha value is -1.03. The molecule has 0 saturated carbocycles. The van der Waals surface area contributed by atoms with Crippen LogP contribution in [0.3, 0.4) is 0 Å². The van der Waals surface area contributed by atoms with Gasteiger partial charge in [0, 0.05) is 24.7 Å². The minimum atomic E-state index is -0.0358. The number of nitrogens with zero attached hydrogens (tertiary/aromatic N) is 2. The summed E-state index contributed by atoms with van der Waals surface area (Å²) in [6.07, 6.45) is 7.13. The smallest absolute Gasteiger partial charge is 0.272 e. The van der Waals surface area contributed by atoms with E-state index in [2.05, 4.69) is 17.6 Å². The van der Waals surface area contributed by atoms with Crippen molar-refractivity contribution in [2.24, 2.45) is 0 Å². The summed E-state index contributed by atoms with van der Waals surface area (Å²) in [5.74, 6) is 0.693. The van der Waals surface area contributed by atoms with Crippen LogP contribution < -0.4 is 5.56 Å². The highest BCUT2D eigenvalue weighted by Gasteiger charge is 1.96. The summed E-state index contributed by atoms with van der Waals surface area (Å²) < 4.78 is 1.61. The number of thiol groups is 1. The third kappa shape index (κ3) is 2.73. The van der Waals surface area contributed by atoms with Crippen molar-refractivity contribution in [2.45, 2.75) is 13.5 Å². The van der Waals surface area contributed by atoms with E-state index in [9.17, 15) is 4.79 Å². The van der Waals surface area contributed by atoms with Gasteiger partial charge in [0.2, 0.25) is 0 Å². The van der Waals surface area contributed by atoms with Crippen LogP contribution in [0.2, 0.25) is 0 Å². The summed E-state index contributed by atoms with van der Waals surface area (Å²) in [7, 11) is 0. The molecule has 0 spiro atoms. The Morgan fingerprint density at radius 2 is 2.38 bits per heavy atom. The van der Waals surface area contributed by atoms with Crippen LogP contribution in [-0.2, 0) is 6.54 Å². The maximum atomic E-state index is 11.4. The molecule has 0 fully saturated rings. The minimum Gasteiger partial charge on any atom is -0.309 e. The topological polar surface area (TPSA) is 34.9 Å². The highest BCUT2D eigenvalue weighted by Crippen LogP contribution is 1.86. The van der Waals surface area contributed by atoms with Gasteiger partial charge in [-0.15, -0.1) is 0 Å². The molecule has 0 aromatic carbocycles. The zero-order chi connectivity index (χ0) is 9.68. The van der Waals surface area contributed by atoms with E-state index in [-0.39, 0.29) is 5.56 Å². The Morgan fingerprint density at radius 1 is 1.62 bits per heavy atom. The predicted molar refractivity (Wildman–Crippen MR) is 56.2 cm³/mol. The van der Waals surface area contributed by atoms with Gasteiger partial charge in [-0.1, -0.05) is 12.2 Å². The standard InChI is InChI=1S/C9H12N2OS/c1-8-9(12)11(6-4-10-8)5-2-3-7-13/h2-4,6,13H,5,7H2,1H3/b3-2+. The molecular weight excluding hydrogens is 184 g/mol. The second kappa shape index (κ2) is 4.87. The second-order valence-electron chi connectivity index (χ2n) is 2.62. The fourth-order valence-corrected chi connectivity index (χ4v) is 1.11. The Bertz CT molecular complexity index is 357. The molecule has 0 aliphatic rings. The summed E-state index contributed by atoms with van der Waals surface area (Å²) in [6, 6.07) is 0. The SMILES string of the molecule is Cc1nccn(C/C=C/CS)c1=O. The van der Waals surface area contributed by atoms with Gasteiger partial charge < -0.3 is 4.57 Å². The van der Waals surface area contributed by atoms with Gasteiger partial charge in [0.05, 0.1) is 0 Å². The molecule has 1 aromatic heterocycles. The van der Waals surface area contributed by atoms with Crippen molar-refractivity contribution in [2.75, 3.05) is 5.75 Å². The fraction of sp³-hybridized carbons (Fsp3) is 0.333. The number of aromatic nitrogens is 2. The van der Waals surface area contributed by atoms with Crippen molar-refractivity contribution < 1.29 is 0 Å². The lowest BCUT2D eigenvalue weighted by molar-refractivity contribution is 0.753. The van der Waals surface area contributed by atoms with Gasteiger partial charge in [0.15, 0.2) is 0 Å². The second-order valence-corrected chi connectivity index (χ2v) is 2.99. The third-order valence-corrected chi connectivity index (χ3v) is 1.87. The van der Waals surface area contributed by atoms with Crippen LogP contribution in [-0.4, -0.2) is 15.3 Å². The largest absolute Gasteiger partial charge is 0.309 e. The van der Waals surface area contributed by atoms with Gasteiger partial charge in [-0.3, -0.25) is 9.78 Å².